The van der Waals surface area contributed by atoms with E-state index in [0.717, 1.165) is 0 Å². The van der Waals surface area contributed by atoms with E-state index in [1.807, 2.05) is 0 Å². The summed E-state index contributed by atoms with van der Waals surface area (Å²) in [6.07, 6.45) is 5.10. The summed E-state index contributed by atoms with van der Waals surface area (Å²) in [6.45, 7) is 9.45. The maximum Gasteiger partial charge on any atom is 0.0328 e. The molecule has 1 saturated heterocycles. The summed E-state index contributed by atoms with van der Waals surface area (Å²) in [7, 11) is 0. The van der Waals surface area contributed by atoms with Crippen LogP contribution in [0.2, 0.25) is 0 Å². The SMILES string of the molecule is CC(C)(C)N1CCC(NC2CCc3ccccc32)CC1. The number of rotatable bonds is 2. The van der Waals surface area contributed by atoms with Crippen LogP contribution in [0.1, 0.15) is 57.2 Å². The minimum Gasteiger partial charge on any atom is -0.307 e. The van der Waals surface area contributed by atoms with Crippen molar-refractivity contribution in [3.63, 3.8) is 0 Å². The summed E-state index contributed by atoms with van der Waals surface area (Å²) in [5.41, 5.74) is 3.42. The first-order chi connectivity index (χ1) is 9.54. The molecule has 1 aliphatic heterocycles. The van der Waals surface area contributed by atoms with Crippen LogP contribution in [0.15, 0.2) is 24.3 Å². The number of piperidine rings is 1. The monoisotopic (exact) mass is 272 g/mol. The number of likely N-dealkylation sites (tertiary alicyclic amines) is 1. The molecular weight excluding hydrogens is 244 g/mol. The lowest BCUT2D eigenvalue weighted by atomic mass is 9.97. The van der Waals surface area contributed by atoms with E-state index < -0.39 is 0 Å². The molecule has 0 aromatic heterocycles. The highest BCUT2D eigenvalue weighted by Gasteiger charge is 2.29. The molecule has 1 fully saturated rings. The predicted molar refractivity (Wildman–Crippen MR) is 85.0 cm³/mol. The summed E-state index contributed by atoms with van der Waals surface area (Å²) in [5, 5.41) is 3.92. The van der Waals surface area contributed by atoms with Crippen molar-refractivity contribution in [2.45, 2.75) is 64.1 Å². The number of nitrogens with zero attached hydrogens (tertiary/aromatic N) is 1. The summed E-state index contributed by atoms with van der Waals surface area (Å²) >= 11 is 0. The van der Waals surface area contributed by atoms with Crippen LogP contribution in [0.3, 0.4) is 0 Å². The first-order valence-corrected chi connectivity index (χ1v) is 8.13. The number of fused-ring (bicyclic) bond motifs is 1. The van der Waals surface area contributed by atoms with Gasteiger partial charge in [-0.3, -0.25) is 4.90 Å². The Labute approximate surface area is 123 Å². The molecule has 3 rings (SSSR count). The van der Waals surface area contributed by atoms with Gasteiger partial charge in [0, 0.05) is 30.7 Å². The maximum atomic E-state index is 3.92. The molecule has 1 unspecified atom stereocenters. The first-order valence-electron chi connectivity index (χ1n) is 8.13. The molecule has 110 valence electrons. The van der Waals surface area contributed by atoms with Crippen LogP contribution in [-0.4, -0.2) is 29.6 Å². The van der Waals surface area contributed by atoms with Crippen molar-refractivity contribution < 1.29 is 0 Å². The van der Waals surface area contributed by atoms with Crippen LogP contribution >= 0.6 is 0 Å². The Kier molecular flexibility index (Phi) is 3.87. The Morgan fingerprint density at radius 3 is 2.45 bits per heavy atom. The second-order valence-corrected chi connectivity index (χ2v) is 7.39. The third kappa shape index (κ3) is 2.91. The van der Waals surface area contributed by atoms with Gasteiger partial charge >= 0.3 is 0 Å². The molecule has 2 nitrogen and oxygen atoms in total. The topological polar surface area (TPSA) is 15.3 Å². The summed E-state index contributed by atoms with van der Waals surface area (Å²) < 4.78 is 0. The molecule has 0 radical (unpaired) electrons. The molecule has 0 amide bonds. The van der Waals surface area contributed by atoms with Gasteiger partial charge in [0.25, 0.3) is 0 Å². The Bertz CT molecular complexity index is 453. The Morgan fingerprint density at radius 1 is 1.05 bits per heavy atom. The fraction of sp³-hybridized carbons (Fsp3) is 0.667. The smallest absolute Gasteiger partial charge is 0.0328 e. The lowest BCUT2D eigenvalue weighted by Crippen LogP contribution is -2.50. The number of hydrogen-bond acceptors (Lipinski definition) is 2. The molecule has 1 aromatic carbocycles. The van der Waals surface area contributed by atoms with Crippen LogP contribution in [0.4, 0.5) is 0 Å². The Morgan fingerprint density at radius 2 is 1.75 bits per heavy atom. The lowest BCUT2D eigenvalue weighted by Gasteiger charge is -2.41. The van der Waals surface area contributed by atoms with Crippen LogP contribution in [-0.2, 0) is 6.42 Å². The highest BCUT2D eigenvalue weighted by Crippen LogP contribution is 2.32. The van der Waals surface area contributed by atoms with Crippen molar-refractivity contribution in [2.24, 2.45) is 0 Å². The molecular formula is C18H28N2. The number of hydrogen-bond donors (Lipinski definition) is 1. The third-order valence-electron chi connectivity index (χ3n) is 5.01. The molecule has 1 atom stereocenters. The Balaban J connectivity index is 1.56. The predicted octanol–water partition coefficient (Wildman–Crippen LogP) is 3.53. The van der Waals surface area contributed by atoms with Crippen molar-refractivity contribution in [1.29, 1.82) is 0 Å². The normalized spacial score (nSPS) is 24.9. The second kappa shape index (κ2) is 5.50. The van der Waals surface area contributed by atoms with Crippen molar-refractivity contribution in [2.75, 3.05) is 13.1 Å². The quantitative estimate of drug-likeness (QED) is 0.886. The molecule has 2 aliphatic rings. The molecule has 0 saturated carbocycles. The van der Waals surface area contributed by atoms with Gasteiger partial charge in [-0.2, -0.15) is 0 Å². The standard InChI is InChI=1S/C18H28N2/c1-18(2,3)20-12-10-15(11-13-20)19-17-9-8-14-6-4-5-7-16(14)17/h4-7,15,17,19H,8-13H2,1-3H3. The van der Waals surface area contributed by atoms with E-state index >= 15 is 0 Å². The summed E-state index contributed by atoms with van der Waals surface area (Å²) in [5.74, 6) is 0. The average Bonchev–Trinajstić information content (AvgIpc) is 2.82. The van der Waals surface area contributed by atoms with Crippen molar-refractivity contribution >= 4 is 0 Å². The molecule has 2 heteroatoms. The largest absolute Gasteiger partial charge is 0.307 e. The van der Waals surface area contributed by atoms with E-state index in [1.54, 1.807) is 11.1 Å². The minimum absolute atomic E-state index is 0.324. The van der Waals surface area contributed by atoms with Gasteiger partial charge in [-0.1, -0.05) is 24.3 Å². The minimum atomic E-state index is 0.324. The highest BCUT2D eigenvalue weighted by molar-refractivity contribution is 5.34. The van der Waals surface area contributed by atoms with Gasteiger partial charge < -0.3 is 5.32 Å². The Hall–Kier alpha value is -0.860. The molecule has 20 heavy (non-hydrogen) atoms. The van der Waals surface area contributed by atoms with Gasteiger partial charge in [0.2, 0.25) is 0 Å². The average molecular weight is 272 g/mol. The third-order valence-corrected chi connectivity index (χ3v) is 5.01. The van der Waals surface area contributed by atoms with Gasteiger partial charge in [0.05, 0.1) is 0 Å². The first kappa shape index (κ1) is 14.1. The van der Waals surface area contributed by atoms with Crippen molar-refractivity contribution in [3.05, 3.63) is 35.4 Å². The van der Waals surface area contributed by atoms with E-state index in [9.17, 15) is 0 Å². The van der Waals surface area contributed by atoms with Gasteiger partial charge in [0.1, 0.15) is 0 Å². The molecule has 1 aliphatic carbocycles. The number of nitrogens with one attached hydrogen (secondary N) is 1. The molecule has 1 heterocycles. The molecule has 0 spiro atoms. The fourth-order valence-electron chi connectivity index (χ4n) is 3.73. The highest BCUT2D eigenvalue weighted by atomic mass is 15.2. The van der Waals surface area contributed by atoms with E-state index in [4.69, 9.17) is 0 Å². The van der Waals surface area contributed by atoms with Crippen LogP contribution in [0, 0.1) is 0 Å². The second-order valence-electron chi connectivity index (χ2n) is 7.39. The lowest BCUT2D eigenvalue weighted by molar-refractivity contribution is 0.0937. The van der Waals surface area contributed by atoms with Crippen molar-refractivity contribution in [3.8, 4) is 0 Å². The van der Waals surface area contributed by atoms with Crippen molar-refractivity contribution in [1.82, 2.24) is 10.2 Å². The van der Waals surface area contributed by atoms with Gasteiger partial charge in [-0.05, 0) is 57.6 Å². The fourth-order valence-corrected chi connectivity index (χ4v) is 3.73. The summed E-state index contributed by atoms with van der Waals surface area (Å²) in [6, 6.07) is 10.2. The molecule has 1 aromatic rings. The van der Waals surface area contributed by atoms with E-state index in [0.29, 0.717) is 17.6 Å². The van der Waals surface area contributed by atoms with E-state index in [-0.39, 0.29) is 0 Å². The van der Waals surface area contributed by atoms with Crippen LogP contribution in [0.25, 0.3) is 0 Å². The molecule has 0 bridgehead atoms. The van der Waals surface area contributed by atoms with Gasteiger partial charge in [-0.15, -0.1) is 0 Å². The maximum absolute atomic E-state index is 3.92. The van der Waals surface area contributed by atoms with Crippen LogP contribution < -0.4 is 5.32 Å². The van der Waals surface area contributed by atoms with Crippen LogP contribution in [0.5, 0.6) is 0 Å². The molecule has 1 N–H and O–H groups in total. The van der Waals surface area contributed by atoms with Gasteiger partial charge in [-0.25, -0.2) is 0 Å². The van der Waals surface area contributed by atoms with Gasteiger partial charge in [0.15, 0.2) is 0 Å². The zero-order chi connectivity index (χ0) is 14.2. The zero-order valence-electron chi connectivity index (χ0n) is 13.2. The number of benzene rings is 1. The van der Waals surface area contributed by atoms with E-state index in [1.165, 1.54) is 38.8 Å². The zero-order valence-corrected chi connectivity index (χ0v) is 13.2. The number of aryl methyl sites for hydroxylation is 1. The van der Waals surface area contributed by atoms with E-state index in [2.05, 4.69) is 55.3 Å². The summed E-state index contributed by atoms with van der Waals surface area (Å²) in [4.78, 5) is 2.62.